The fourth-order valence-electron chi connectivity index (χ4n) is 3.74. The Bertz CT molecular complexity index is 735. The van der Waals surface area contributed by atoms with Crippen molar-refractivity contribution in [3.8, 4) is 5.75 Å². The van der Waals surface area contributed by atoms with Crippen LogP contribution in [0.3, 0.4) is 0 Å². The molecule has 0 saturated heterocycles. The Morgan fingerprint density at radius 1 is 1.27 bits per heavy atom. The van der Waals surface area contributed by atoms with Crippen LogP contribution in [0.1, 0.15) is 36.0 Å². The van der Waals surface area contributed by atoms with Crippen LogP contribution in [0.15, 0.2) is 48.5 Å². The minimum absolute atomic E-state index is 0. The lowest BCUT2D eigenvalue weighted by Gasteiger charge is -2.35. The Labute approximate surface area is 161 Å². The van der Waals surface area contributed by atoms with E-state index >= 15 is 0 Å². The molecule has 1 aliphatic rings. The van der Waals surface area contributed by atoms with Crippen LogP contribution < -0.4 is 10.1 Å². The molecule has 3 atom stereocenters. The van der Waals surface area contributed by atoms with Gasteiger partial charge in [0.05, 0.1) is 7.11 Å². The molecular weight excluding hydrogens is 350 g/mol. The van der Waals surface area contributed by atoms with E-state index in [2.05, 4.69) is 41.7 Å². The maximum absolute atomic E-state index is 11.1. The van der Waals surface area contributed by atoms with Gasteiger partial charge in [0.15, 0.2) is 0 Å². The first-order chi connectivity index (χ1) is 12.1. The number of methoxy groups -OCH3 is 1. The van der Waals surface area contributed by atoms with Gasteiger partial charge in [0, 0.05) is 5.92 Å². The summed E-state index contributed by atoms with van der Waals surface area (Å²) in [7, 11) is 1.69. The van der Waals surface area contributed by atoms with Crippen molar-refractivity contribution in [1.82, 2.24) is 5.32 Å². The van der Waals surface area contributed by atoms with E-state index in [9.17, 15) is 4.79 Å². The normalized spacial score (nSPS) is 19.8. The summed E-state index contributed by atoms with van der Waals surface area (Å²) < 4.78 is 5.38. The zero-order valence-corrected chi connectivity index (χ0v) is 16.0. The van der Waals surface area contributed by atoms with E-state index in [1.165, 1.54) is 16.7 Å². The van der Waals surface area contributed by atoms with Crippen molar-refractivity contribution in [2.45, 2.75) is 31.7 Å². The molecule has 0 bridgehead atoms. The summed E-state index contributed by atoms with van der Waals surface area (Å²) in [6, 6.07) is 16.3. The lowest BCUT2D eigenvalue weighted by atomic mass is 9.71. The molecule has 0 fully saturated rings. The molecule has 3 unspecified atom stereocenters. The third kappa shape index (κ3) is 4.37. The third-order valence-corrected chi connectivity index (χ3v) is 5.16. The van der Waals surface area contributed by atoms with Gasteiger partial charge in [-0.1, -0.05) is 36.4 Å². The zero-order chi connectivity index (χ0) is 17.8. The maximum atomic E-state index is 11.1. The predicted octanol–water partition coefficient (Wildman–Crippen LogP) is 3.87. The summed E-state index contributed by atoms with van der Waals surface area (Å²) in [5.41, 5.74) is 3.94. The number of carboxylic acid groups (broad SMARTS) is 1. The number of benzene rings is 2. The lowest BCUT2D eigenvalue weighted by Crippen LogP contribution is -2.39. The Morgan fingerprint density at radius 3 is 2.65 bits per heavy atom. The van der Waals surface area contributed by atoms with E-state index in [1.807, 2.05) is 12.1 Å². The van der Waals surface area contributed by atoms with E-state index in [0.29, 0.717) is 12.5 Å². The molecule has 4 nitrogen and oxygen atoms in total. The number of rotatable bonds is 6. The summed E-state index contributed by atoms with van der Waals surface area (Å²) >= 11 is 0. The second-order valence-corrected chi connectivity index (χ2v) is 6.72. The quantitative estimate of drug-likeness (QED) is 0.804. The van der Waals surface area contributed by atoms with Crippen molar-refractivity contribution >= 4 is 18.4 Å². The van der Waals surface area contributed by atoms with Crippen LogP contribution in [0.5, 0.6) is 5.75 Å². The number of carboxylic acids is 1. The zero-order valence-electron chi connectivity index (χ0n) is 15.1. The second-order valence-electron chi connectivity index (χ2n) is 6.72. The predicted molar refractivity (Wildman–Crippen MR) is 105 cm³/mol. The largest absolute Gasteiger partial charge is 0.497 e. The highest BCUT2D eigenvalue weighted by Gasteiger charge is 2.31. The lowest BCUT2D eigenvalue weighted by molar-refractivity contribution is -0.139. The molecule has 5 heteroatoms. The van der Waals surface area contributed by atoms with Gasteiger partial charge in [0.2, 0.25) is 0 Å². The van der Waals surface area contributed by atoms with Crippen LogP contribution in [0.25, 0.3) is 0 Å². The first kappa shape index (κ1) is 20.3. The molecule has 140 valence electrons. The number of fused-ring (bicyclic) bond motifs is 1. The molecular formula is C21H26ClNO3. The molecule has 1 aliphatic carbocycles. The molecule has 26 heavy (non-hydrogen) atoms. The molecule has 2 N–H and O–H groups in total. The SMILES string of the molecule is COc1ccc2c(c1)CCC(CNC(C)C(=O)O)C2c1ccccc1.Cl. The van der Waals surface area contributed by atoms with Gasteiger partial charge in [0.1, 0.15) is 11.8 Å². The highest BCUT2D eigenvalue weighted by Crippen LogP contribution is 2.41. The van der Waals surface area contributed by atoms with E-state index in [0.717, 1.165) is 18.6 Å². The highest BCUT2D eigenvalue weighted by atomic mass is 35.5. The van der Waals surface area contributed by atoms with Gasteiger partial charge in [-0.05, 0) is 61.1 Å². The molecule has 2 aromatic rings. The van der Waals surface area contributed by atoms with Crippen LogP contribution >= 0.6 is 12.4 Å². The monoisotopic (exact) mass is 375 g/mol. The Hall–Kier alpha value is -2.04. The number of aryl methyl sites for hydroxylation is 1. The molecule has 0 radical (unpaired) electrons. The van der Waals surface area contributed by atoms with Gasteiger partial charge in [-0.25, -0.2) is 0 Å². The molecule has 3 rings (SSSR count). The summed E-state index contributed by atoms with van der Waals surface area (Å²) in [5, 5.41) is 12.3. The molecule has 0 heterocycles. The van der Waals surface area contributed by atoms with Gasteiger partial charge in [-0.2, -0.15) is 0 Å². The van der Waals surface area contributed by atoms with Crippen LogP contribution in [0.4, 0.5) is 0 Å². The number of hydrogen-bond acceptors (Lipinski definition) is 3. The summed E-state index contributed by atoms with van der Waals surface area (Å²) in [4.78, 5) is 11.1. The number of aliphatic carboxylic acids is 1. The molecule has 0 aliphatic heterocycles. The molecule has 0 saturated carbocycles. The van der Waals surface area contributed by atoms with E-state index in [-0.39, 0.29) is 18.3 Å². The summed E-state index contributed by atoms with van der Waals surface area (Å²) in [6.07, 6.45) is 2.02. The van der Waals surface area contributed by atoms with Gasteiger partial charge < -0.3 is 15.2 Å². The average Bonchev–Trinajstić information content (AvgIpc) is 2.65. The van der Waals surface area contributed by atoms with Gasteiger partial charge in [0.25, 0.3) is 0 Å². The Morgan fingerprint density at radius 2 is 2.00 bits per heavy atom. The van der Waals surface area contributed by atoms with Crippen molar-refractivity contribution in [3.05, 3.63) is 65.2 Å². The van der Waals surface area contributed by atoms with Crippen LogP contribution in [-0.2, 0) is 11.2 Å². The number of hydrogen-bond donors (Lipinski definition) is 2. The fourth-order valence-corrected chi connectivity index (χ4v) is 3.74. The smallest absolute Gasteiger partial charge is 0.320 e. The topological polar surface area (TPSA) is 58.6 Å². The Kier molecular flexibility index (Phi) is 7.06. The van der Waals surface area contributed by atoms with Gasteiger partial charge >= 0.3 is 5.97 Å². The minimum atomic E-state index is -0.808. The van der Waals surface area contributed by atoms with E-state index in [4.69, 9.17) is 9.84 Å². The molecule has 2 aromatic carbocycles. The van der Waals surface area contributed by atoms with Crippen molar-refractivity contribution in [3.63, 3.8) is 0 Å². The van der Waals surface area contributed by atoms with Crippen LogP contribution in [-0.4, -0.2) is 30.8 Å². The number of carbonyl (C=O) groups is 1. The standard InChI is InChI=1S/C21H25NO3.ClH/c1-14(21(23)24)22-13-17-9-8-16-12-18(25-2)10-11-19(16)20(17)15-6-4-3-5-7-15;/h3-7,10-12,14,17,20,22H,8-9,13H2,1-2H3,(H,23,24);1H. The minimum Gasteiger partial charge on any atom is -0.497 e. The first-order valence-electron chi connectivity index (χ1n) is 8.78. The molecule has 0 amide bonds. The molecule has 0 spiro atoms. The first-order valence-corrected chi connectivity index (χ1v) is 8.78. The summed E-state index contributed by atoms with van der Waals surface area (Å²) in [6.45, 7) is 2.39. The van der Waals surface area contributed by atoms with Crippen molar-refractivity contribution in [1.29, 1.82) is 0 Å². The highest BCUT2D eigenvalue weighted by molar-refractivity contribution is 5.85. The number of ether oxygens (including phenoxy) is 1. The summed E-state index contributed by atoms with van der Waals surface area (Å²) in [5.74, 6) is 0.716. The average molecular weight is 376 g/mol. The van der Waals surface area contributed by atoms with Crippen molar-refractivity contribution < 1.29 is 14.6 Å². The van der Waals surface area contributed by atoms with Crippen LogP contribution in [0, 0.1) is 5.92 Å². The van der Waals surface area contributed by atoms with Crippen LogP contribution in [0.2, 0.25) is 0 Å². The van der Waals surface area contributed by atoms with E-state index in [1.54, 1.807) is 14.0 Å². The Balaban J connectivity index is 0.00000243. The fraction of sp³-hybridized carbons (Fsp3) is 0.381. The molecule has 0 aromatic heterocycles. The number of halogens is 1. The number of nitrogens with one attached hydrogen (secondary N) is 1. The third-order valence-electron chi connectivity index (χ3n) is 5.16. The van der Waals surface area contributed by atoms with Gasteiger partial charge in [-0.3, -0.25) is 4.79 Å². The van der Waals surface area contributed by atoms with Crippen molar-refractivity contribution in [2.75, 3.05) is 13.7 Å². The van der Waals surface area contributed by atoms with Gasteiger partial charge in [-0.15, -0.1) is 12.4 Å². The second kappa shape index (κ2) is 9.06. The van der Waals surface area contributed by atoms with E-state index < -0.39 is 12.0 Å². The maximum Gasteiger partial charge on any atom is 0.320 e. The van der Waals surface area contributed by atoms with Crippen molar-refractivity contribution in [2.24, 2.45) is 5.92 Å².